The number of hydrogen-bond acceptors (Lipinski definition) is 2. The minimum absolute atomic E-state index is 0.295. The largest absolute Gasteiger partial charge is 0.378 e. The first kappa shape index (κ1) is 14.6. The minimum Gasteiger partial charge on any atom is -0.378 e. The van der Waals surface area contributed by atoms with Gasteiger partial charge in [-0.2, -0.15) is 0 Å². The number of anilines is 1. The number of benzene rings is 1. The van der Waals surface area contributed by atoms with Crippen molar-refractivity contribution in [3.05, 3.63) is 56.0 Å². The summed E-state index contributed by atoms with van der Waals surface area (Å²) in [6, 6.07) is 6.68. The minimum atomic E-state index is -0.295. The Bertz CT molecular complexity index is 597. The lowest BCUT2D eigenvalue weighted by Gasteiger charge is -2.11. The van der Waals surface area contributed by atoms with Crippen molar-refractivity contribution in [1.29, 1.82) is 0 Å². The van der Waals surface area contributed by atoms with E-state index in [1.807, 2.05) is 13.0 Å². The van der Waals surface area contributed by atoms with Crippen LogP contribution in [-0.4, -0.2) is 4.98 Å². The molecule has 0 radical (unpaired) electrons. The predicted octanol–water partition coefficient (Wildman–Crippen LogP) is 5.21. The fraction of sp³-hybridized carbons (Fsp3) is 0.154. The highest BCUT2D eigenvalue weighted by Gasteiger charge is 2.08. The molecule has 2 aromatic rings. The number of nitrogens with zero attached hydrogens (tertiary/aromatic N) is 1. The zero-order valence-electron chi connectivity index (χ0n) is 9.98. The molecule has 6 heteroatoms. The van der Waals surface area contributed by atoms with Crippen molar-refractivity contribution in [3.63, 3.8) is 0 Å². The van der Waals surface area contributed by atoms with E-state index in [1.165, 1.54) is 6.07 Å². The molecule has 0 aliphatic heterocycles. The number of hydrogen-bond donors (Lipinski definition) is 1. The van der Waals surface area contributed by atoms with Gasteiger partial charge in [0.25, 0.3) is 0 Å². The van der Waals surface area contributed by atoms with Crippen molar-refractivity contribution in [1.82, 2.24) is 4.98 Å². The first-order chi connectivity index (χ1) is 8.97. The Hall–Kier alpha value is -0.840. The molecule has 1 heterocycles. The van der Waals surface area contributed by atoms with Gasteiger partial charge in [-0.3, -0.25) is 0 Å². The third kappa shape index (κ3) is 3.59. The van der Waals surface area contributed by atoms with Gasteiger partial charge < -0.3 is 5.32 Å². The summed E-state index contributed by atoms with van der Waals surface area (Å²) >= 11 is 14.9. The molecule has 0 aliphatic carbocycles. The zero-order chi connectivity index (χ0) is 14.0. The van der Waals surface area contributed by atoms with Crippen LogP contribution in [0, 0.1) is 12.7 Å². The maximum atomic E-state index is 13.4. The normalized spacial score (nSPS) is 10.6. The summed E-state index contributed by atoms with van der Waals surface area (Å²) in [7, 11) is 0. The summed E-state index contributed by atoms with van der Waals surface area (Å²) in [5, 5.41) is 3.79. The van der Waals surface area contributed by atoms with Gasteiger partial charge in [0.2, 0.25) is 0 Å². The van der Waals surface area contributed by atoms with E-state index >= 15 is 0 Å². The lowest BCUT2D eigenvalue weighted by Crippen LogP contribution is -2.03. The maximum absolute atomic E-state index is 13.4. The van der Waals surface area contributed by atoms with Gasteiger partial charge in [0, 0.05) is 6.54 Å². The summed E-state index contributed by atoms with van der Waals surface area (Å²) in [4.78, 5) is 3.97. The molecule has 0 saturated heterocycles. The lowest BCUT2D eigenvalue weighted by molar-refractivity contribution is 0.619. The monoisotopic (exact) mass is 362 g/mol. The molecule has 1 aromatic carbocycles. The van der Waals surface area contributed by atoms with Gasteiger partial charge in [-0.15, -0.1) is 0 Å². The van der Waals surface area contributed by atoms with Gasteiger partial charge >= 0.3 is 0 Å². The van der Waals surface area contributed by atoms with E-state index in [1.54, 1.807) is 12.1 Å². The Balaban J connectivity index is 2.16. The van der Waals surface area contributed by atoms with Crippen LogP contribution in [0.5, 0.6) is 0 Å². The molecule has 0 bridgehead atoms. The van der Waals surface area contributed by atoms with Crippen LogP contribution < -0.4 is 5.32 Å². The van der Waals surface area contributed by atoms with Crippen molar-refractivity contribution < 1.29 is 4.39 Å². The molecule has 1 aromatic heterocycles. The van der Waals surface area contributed by atoms with E-state index in [2.05, 4.69) is 26.2 Å². The second-order valence-corrected chi connectivity index (χ2v) is 5.63. The summed E-state index contributed by atoms with van der Waals surface area (Å²) in [5.41, 5.74) is 2.41. The van der Waals surface area contributed by atoms with Crippen LogP contribution in [0.25, 0.3) is 0 Å². The topological polar surface area (TPSA) is 24.9 Å². The maximum Gasteiger partial charge on any atom is 0.154 e. The third-order valence-electron chi connectivity index (χ3n) is 2.59. The van der Waals surface area contributed by atoms with Crippen LogP contribution in [0.1, 0.15) is 11.1 Å². The highest BCUT2D eigenvalue weighted by atomic mass is 79.9. The van der Waals surface area contributed by atoms with Crippen molar-refractivity contribution in [2.24, 2.45) is 0 Å². The van der Waals surface area contributed by atoms with Crippen molar-refractivity contribution in [2.75, 3.05) is 5.32 Å². The molecule has 0 fully saturated rings. The molecular weight excluding hydrogens is 354 g/mol. The average Bonchev–Trinajstić information content (AvgIpc) is 2.32. The molecule has 0 saturated carbocycles. The molecule has 19 heavy (non-hydrogen) atoms. The average molecular weight is 364 g/mol. The van der Waals surface area contributed by atoms with Gasteiger partial charge in [-0.05, 0) is 52.2 Å². The van der Waals surface area contributed by atoms with Crippen LogP contribution in [0.3, 0.4) is 0 Å². The van der Waals surface area contributed by atoms with Gasteiger partial charge in [-0.1, -0.05) is 29.3 Å². The van der Waals surface area contributed by atoms with Crippen LogP contribution in [0.2, 0.25) is 10.3 Å². The molecule has 0 unspecified atom stereocenters. The van der Waals surface area contributed by atoms with E-state index in [-0.39, 0.29) is 5.82 Å². The van der Waals surface area contributed by atoms with Crippen LogP contribution in [0.15, 0.2) is 28.7 Å². The van der Waals surface area contributed by atoms with E-state index in [0.29, 0.717) is 27.0 Å². The Labute approximate surface area is 129 Å². The molecule has 0 atom stereocenters. The highest BCUT2D eigenvalue weighted by molar-refractivity contribution is 9.10. The predicted molar refractivity (Wildman–Crippen MR) is 80.4 cm³/mol. The molecule has 0 amide bonds. The van der Waals surface area contributed by atoms with Crippen molar-refractivity contribution in [3.8, 4) is 0 Å². The molecule has 0 aliphatic rings. The number of aromatic nitrogens is 1. The molecule has 1 N–H and O–H groups in total. The lowest BCUT2D eigenvalue weighted by atomic mass is 10.2. The van der Waals surface area contributed by atoms with Crippen molar-refractivity contribution >= 4 is 44.8 Å². The third-order valence-corrected chi connectivity index (χ3v) is 3.70. The summed E-state index contributed by atoms with van der Waals surface area (Å²) < 4.78 is 13.8. The SMILES string of the molecule is Cc1cc(Cl)nc(Cl)c1NCc1ccc(Br)c(F)c1. The Kier molecular flexibility index (Phi) is 4.66. The van der Waals surface area contributed by atoms with Crippen LogP contribution in [-0.2, 0) is 6.54 Å². The molecule has 0 spiro atoms. The summed E-state index contributed by atoms with van der Waals surface area (Å²) in [5.74, 6) is -0.295. The van der Waals surface area contributed by atoms with Crippen LogP contribution in [0.4, 0.5) is 10.1 Å². The first-order valence-electron chi connectivity index (χ1n) is 5.48. The van der Waals surface area contributed by atoms with E-state index in [9.17, 15) is 4.39 Å². The molecular formula is C13H10BrCl2FN2. The number of nitrogens with one attached hydrogen (secondary N) is 1. The first-order valence-corrected chi connectivity index (χ1v) is 7.02. The Morgan fingerprint density at radius 3 is 2.68 bits per heavy atom. The number of halogens is 4. The van der Waals surface area contributed by atoms with E-state index in [4.69, 9.17) is 23.2 Å². The van der Waals surface area contributed by atoms with Gasteiger partial charge in [-0.25, -0.2) is 9.37 Å². The van der Waals surface area contributed by atoms with Gasteiger partial charge in [0.1, 0.15) is 11.0 Å². The summed E-state index contributed by atoms with van der Waals surface area (Å²) in [6.07, 6.45) is 0. The fourth-order valence-electron chi connectivity index (χ4n) is 1.65. The number of aryl methyl sites for hydroxylation is 1. The fourth-order valence-corrected chi connectivity index (χ4v) is 2.49. The van der Waals surface area contributed by atoms with Gasteiger partial charge in [0.15, 0.2) is 5.15 Å². The van der Waals surface area contributed by atoms with Crippen molar-refractivity contribution in [2.45, 2.75) is 13.5 Å². The van der Waals surface area contributed by atoms with Gasteiger partial charge in [0.05, 0.1) is 10.2 Å². The van der Waals surface area contributed by atoms with E-state index < -0.39 is 0 Å². The summed E-state index contributed by atoms with van der Waals surface area (Å²) in [6.45, 7) is 2.33. The Morgan fingerprint density at radius 1 is 1.32 bits per heavy atom. The standard InChI is InChI=1S/C13H10BrCl2FN2/c1-7-4-11(15)19-13(16)12(7)18-6-8-2-3-9(14)10(17)5-8/h2-5,18H,6H2,1H3. The Morgan fingerprint density at radius 2 is 2.05 bits per heavy atom. The van der Waals surface area contributed by atoms with Crippen LogP contribution >= 0.6 is 39.1 Å². The number of pyridine rings is 1. The highest BCUT2D eigenvalue weighted by Crippen LogP contribution is 2.27. The number of rotatable bonds is 3. The van der Waals surface area contributed by atoms with E-state index in [0.717, 1.165) is 11.1 Å². The zero-order valence-corrected chi connectivity index (χ0v) is 13.1. The second kappa shape index (κ2) is 6.07. The smallest absolute Gasteiger partial charge is 0.154 e. The molecule has 2 rings (SSSR count). The quantitative estimate of drug-likeness (QED) is 0.757. The molecule has 100 valence electrons. The molecule has 2 nitrogen and oxygen atoms in total. The second-order valence-electron chi connectivity index (χ2n) is 4.03.